The third-order valence-electron chi connectivity index (χ3n) is 3.74. The number of benzene rings is 1. The lowest BCUT2D eigenvalue weighted by atomic mass is 9.91. The molecule has 0 amide bonds. The molecular formula is C16H22F3NO2. The maximum atomic E-state index is 12.6. The van der Waals surface area contributed by atoms with Crippen LogP contribution in [-0.4, -0.2) is 17.6 Å². The number of carboxylic acids is 1. The maximum Gasteiger partial charge on any atom is 0.416 e. The van der Waals surface area contributed by atoms with E-state index >= 15 is 0 Å². The largest absolute Gasteiger partial charge is 0.481 e. The van der Waals surface area contributed by atoms with Crippen molar-refractivity contribution in [3.8, 4) is 0 Å². The summed E-state index contributed by atoms with van der Waals surface area (Å²) in [6, 6.07) is 5.33. The first-order chi connectivity index (χ1) is 10.2. The number of nitrogens with two attached hydrogens (primary N) is 1. The normalized spacial score (nSPS) is 14.6. The number of carbonyl (C=O) groups is 1. The Morgan fingerprint density at radius 2 is 2.05 bits per heavy atom. The fourth-order valence-electron chi connectivity index (χ4n) is 2.46. The van der Waals surface area contributed by atoms with Crippen molar-refractivity contribution in [2.45, 2.75) is 38.8 Å². The molecule has 3 N–H and O–H groups in total. The molecule has 0 aliphatic heterocycles. The third-order valence-corrected chi connectivity index (χ3v) is 3.74. The fraction of sp³-hybridized carbons (Fsp3) is 0.562. The zero-order chi connectivity index (χ0) is 16.8. The number of aliphatic carboxylic acids is 1. The quantitative estimate of drug-likeness (QED) is 0.768. The van der Waals surface area contributed by atoms with Gasteiger partial charge in [0.2, 0.25) is 0 Å². The number of carboxylic acid groups (broad SMARTS) is 1. The Kier molecular flexibility index (Phi) is 6.87. The molecule has 124 valence electrons. The summed E-state index contributed by atoms with van der Waals surface area (Å²) in [7, 11) is 0. The van der Waals surface area contributed by atoms with E-state index in [1.54, 1.807) is 6.07 Å². The van der Waals surface area contributed by atoms with Crippen molar-refractivity contribution in [3.05, 3.63) is 35.4 Å². The van der Waals surface area contributed by atoms with Gasteiger partial charge in [-0.05, 0) is 36.8 Å². The average molecular weight is 317 g/mol. The van der Waals surface area contributed by atoms with E-state index in [9.17, 15) is 18.0 Å². The van der Waals surface area contributed by atoms with E-state index in [1.165, 1.54) is 12.1 Å². The molecule has 0 fully saturated rings. The van der Waals surface area contributed by atoms with Crippen molar-refractivity contribution < 1.29 is 23.1 Å². The van der Waals surface area contributed by atoms with E-state index in [1.807, 2.05) is 6.92 Å². The predicted molar refractivity (Wildman–Crippen MR) is 78.3 cm³/mol. The summed E-state index contributed by atoms with van der Waals surface area (Å²) in [5.41, 5.74) is 5.43. The van der Waals surface area contributed by atoms with Crippen LogP contribution in [0.3, 0.4) is 0 Å². The monoisotopic (exact) mass is 317 g/mol. The van der Waals surface area contributed by atoms with Crippen molar-refractivity contribution in [1.82, 2.24) is 0 Å². The van der Waals surface area contributed by atoms with Gasteiger partial charge in [0.1, 0.15) is 0 Å². The molecule has 0 radical (unpaired) electrons. The summed E-state index contributed by atoms with van der Waals surface area (Å²) in [4.78, 5) is 10.9. The van der Waals surface area contributed by atoms with Crippen LogP contribution >= 0.6 is 0 Å². The first kappa shape index (κ1) is 18.5. The van der Waals surface area contributed by atoms with Gasteiger partial charge >= 0.3 is 12.1 Å². The van der Waals surface area contributed by atoms with Gasteiger partial charge in [0, 0.05) is 6.54 Å². The standard InChI is InChI=1S/C16H22F3NO2/c1-11(8-13(10-20)15(21)22)4-2-5-12-6-3-7-14(9-12)16(17,18)19/h3,6-7,9,11,13H,2,4-5,8,10,20H2,1H3,(H,21,22). The lowest BCUT2D eigenvalue weighted by Gasteiger charge is -2.16. The average Bonchev–Trinajstić information content (AvgIpc) is 2.44. The van der Waals surface area contributed by atoms with Crippen LogP contribution in [0.1, 0.15) is 37.3 Å². The molecule has 2 atom stereocenters. The lowest BCUT2D eigenvalue weighted by Crippen LogP contribution is -2.25. The van der Waals surface area contributed by atoms with Gasteiger partial charge in [0.15, 0.2) is 0 Å². The van der Waals surface area contributed by atoms with E-state index in [2.05, 4.69) is 0 Å². The Labute approximate surface area is 128 Å². The van der Waals surface area contributed by atoms with E-state index in [-0.39, 0.29) is 12.5 Å². The van der Waals surface area contributed by atoms with Crippen LogP contribution in [0.25, 0.3) is 0 Å². The molecular weight excluding hydrogens is 295 g/mol. The number of halogens is 3. The highest BCUT2D eigenvalue weighted by Crippen LogP contribution is 2.30. The molecule has 0 spiro atoms. The Bertz CT molecular complexity index is 489. The number of hydrogen-bond acceptors (Lipinski definition) is 2. The minimum atomic E-state index is -4.32. The molecule has 6 heteroatoms. The van der Waals surface area contributed by atoms with Crippen LogP contribution in [0.5, 0.6) is 0 Å². The van der Waals surface area contributed by atoms with Crippen LogP contribution < -0.4 is 5.73 Å². The number of aryl methyl sites for hydroxylation is 1. The van der Waals surface area contributed by atoms with Crippen LogP contribution in [0.4, 0.5) is 13.2 Å². The second-order valence-electron chi connectivity index (χ2n) is 5.70. The van der Waals surface area contributed by atoms with Crippen molar-refractivity contribution >= 4 is 5.97 Å². The van der Waals surface area contributed by atoms with Crippen LogP contribution in [0.15, 0.2) is 24.3 Å². The number of rotatable bonds is 8. The summed E-state index contributed by atoms with van der Waals surface area (Å²) >= 11 is 0. The Morgan fingerprint density at radius 1 is 1.36 bits per heavy atom. The summed E-state index contributed by atoms with van der Waals surface area (Å²) < 4.78 is 37.8. The first-order valence-electron chi connectivity index (χ1n) is 7.33. The second kappa shape index (κ2) is 8.17. The Morgan fingerprint density at radius 3 is 2.59 bits per heavy atom. The fourth-order valence-corrected chi connectivity index (χ4v) is 2.46. The molecule has 0 bridgehead atoms. The molecule has 0 aliphatic carbocycles. The topological polar surface area (TPSA) is 63.3 Å². The molecule has 1 aromatic rings. The van der Waals surface area contributed by atoms with Gasteiger partial charge in [-0.15, -0.1) is 0 Å². The van der Waals surface area contributed by atoms with Crippen molar-refractivity contribution in [1.29, 1.82) is 0 Å². The van der Waals surface area contributed by atoms with Gasteiger partial charge < -0.3 is 10.8 Å². The summed E-state index contributed by atoms with van der Waals surface area (Å²) in [6.07, 6.45) is -1.79. The predicted octanol–water partition coefficient (Wildman–Crippen LogP) is 3.71. The molecule has 1 aromatic carbocycles. The molecule has 0 saturated heterocycles. The molecule has 0 aliphatic rings. The maximum absolute atomic E-state index is 12.6. The van der Waals surface area contributed by atoms with Crippen LogP contribution in [-0.2, 0) is 17.4 Å². The third kappa shape index (κ3) is 6.05. The van der Waals surface area contributed by atoms with Crippen molar-refractivity contribution in [3.63, 3.8) is 0 Å². The highest BCUT2D eigenvalue weighted by atomic mass is 19.4. The van der Waals surface area contributed by atoms with E-state index in [0.29, 0.717) is 18.4 Å². The minimum Gasteiger partial charge on any atom is -0.481 e. The highest BCUT2D eigenvalue weighted by Gasteiger charge is 2.30. The smallest absolute Gasteiger partial charge is 0.416 e. The van der Waals surface area contributed by atoms with Gasteiger partial charge in [-0.3, -0.25) is 4.79 Å². The summed E-state index contributed by atoms with van der Waals surface area (Å²) in [5, 5.41) is 8.95. The molecule has 0 saturated carbocycles. The molecule has 0 aromatic heterocycles. The second-order valence-corrected chi connectivity index (χ2v) is 5.70. The molecule has 2 unspecified atom stereocenters. The van der Waals surface area contributed by atoms with Crippen molar-refractivity contribution in [2.24, 2.45) is 17.6 Å². The van der Waals surface area contributed by atoms with Gasteiger partial charge in [0.05, 0.1) is 11.5 Å². The van der Waals surface area contributed by atoms with Gasteiger partial charge in [-0.25, -0.2) is 0 Å². The van der Waals surface area contributed by atoms with Gasteiger partial charge in [0.25, 0.3) is 0 Å². The van der Waals surface area contributed by atoms with E-state index in [0.717, 1.165) is 18.9 Å². The summed E-state index contributed by atoms with van der Waals surface area (Å²) in [6.45, 7) is 2.05. The number of hydrogen-bond donors (Lipinski definition) is 2. The zero-order valence-corrected chi connectivity index (χ0v) is 12.6. The van der Waals surface area contributed by atoms with E-state index < -0.39 is 23.6 Å². The summed E-state index contributed by atoms with van der Waals surface area (Å²) in [5.74, 6) is -1.27. The molecule has 3 nitrogen and oxygen atoms in total. The molecule has 1 rings (SSSR count). The van der Waals surface area contributed by atoms with Gasteiger partial charge in [-0.1, -0.05) is 31.5 Å². The molecule has 0 heterocycles. The number of alkyl halides is 3. The Balaban J connectivity index is 2.46. The van der Waals surface area contributed by atoms with Gasteiger partial charge in [-0.2, -0.15) is 13.2 Å². The minimum absolute atomic E-state index is 0.104. The zero-order valence-electron chi connectivity index (χ0n) is 12.6. The van der Waals surface area contributed by atoms with Crippen molar-refractivity contribution in [2.75, 3.05) is 6.54 Å². The first-order valence-corrected chi connectivity index (χ1v) is 7.33. The van der Waals surface area contributed by atoms with Crippen LogP contribution in [0.2, 0.25) is 0 Å². The SMILES string of the molecule is CC(CCCc1cccc(C(F)(F)F)c1)CC(CN)C(=O)O. The Hall–Kier alpha value is -1.56. The van der Waals surface area contributed by atoms with Crippen LogP contribution in [0, 0.1) is 11.8 Å². The lowest BCUT2D eigenvalue weighted by molar-refractivity contribution is -0.142. The molecule has 22 heavy (non-hydrogen) atoms. The van der Waals surface area contributed by atoms with E-state index in [4.69, 9.17) is 10.8 Å². The highest BCUT2D eigenvalue weighted by molar-refractivity contribution is 5.70.